The SMILES string of the molecule is CC[C@H]1CCCCN1S(=O)(=O)c1ccc(S(=O)(=O)N(Cc2ccccn2)C[C@@H]2CCCO2)cc1. The first-order chi connectivity index (χ1) is 16.3. The van der Waals surface area contributed by atoms with Crippen molar-refractivity contribution in [2.45, 2.75) is 73.9 Å². The minimum atomic E-state index is -3.88. The van der Waals surface area contributed by atoms with Crippen LogP contribution in [0, 0.1) is 0 Å². The van der Waals surface area contributed by atoms with Crippen LogP contribution in [-0.4, -0.2) is 62.3 Å². The monoisotopic (exact) mass is 507 g/mol. The standard InChI is InChI=1S/C24H33N3O5S2/c1-2-21-9-4-6-16-27(21)34(30,31)24-13-11-23(12-14-24)33(28,29)26(19-22-10-7-17-32-22)18-20-8-3-5-15-25-20/h3,5,8,11-15,21-22H,2,4,6-7,9-10,16-19H2,1H3/t21-,22-/m0/s1. The van der Waals surface area contributed by atoms with Gasteiger partial charge in [-0.25, -0.2) is 16.8 Å². The lowest BCUT2D eigenvalue weighted by molar-refractivity contribution is 0.0924. The number of nitrogens with zero attached hydrogens (tertiary/aromatic N) is 3. The van der Waals surface area contributed by atoms with Crippen molar-refractivity contribution in [1.82, 2.24) is 13.6 Å². The summed E-state index contributed by atoms with van der Waals surface area (Å²) in [6, 6.07) is 11.0. The van der Waals surface area contributed by atoms with Crippen LogP contribution in [0.25, 0.3) is 0 Å². The minimum absolute atomic E-state index is 0.0116. The molecule has 0 saturated carbocycles. The van der Waals surface area contributed by atoms with Gasteiger partial charge in [-0.15, -0.1) is 0 Å². The van der Waals surface area contributed by atoms with Gasteiger partial charge in [0.15, 0.2) is 0 Å². The zero-order valence-corrected chi connectivity index (χ0v) is 21.2. The summed E-state index contributed by atoms with van der Waals surface area (Å²) >= 11 is 0. The third-order valence-electron chi connectivity index (χ3n) is 6.61. The van der Waals surface area contributed by atoms with Gasteiger partial charge in [0.2, 0.25) is 20.0 Å². The van der Waals surface area contributed by atoms with Gasteiger partial charge in [-0.1, -0.05) is 19.4 Å². The molecule has 0 radical (unpaired) electrons. The van der Waals surface area contributed by atoms with Crippen LogP contribution in [0.15, 0.2) is 58.5 Å². The molecule has 10 heteroatoms. The number of sulfonamides is 2. The molecule has 3 heterocycles. The second-order valence-electron chi connectivity index (χ2n) is 8.90. The number of pyridine rings is 1. The molecule has 0 spiro atoms. The van der Waals surface area contributed by atoms with Gasteiger partial charge < -0.3 is 4.74 Å². The van der Waals surface area contributed by atoms with Gasteiger partial charge in [-0.3, -0.25) is 4.98 Å². The zero-order chi connectivity index (χ0) is 24.2. The van der Waals surface area contributed by atoms with Crippen molar-refractivity contribution in [2.24, 2.45) is 0 Å². The van der Waals surface area contributed by atoms with Gasteiger partial charge >= 0.3 is 0 Å². The number of piperidine rings is 1. The lowest BCUT2D eigenvalue weighted by Gasteiger charge is -2.34. The topological polar surface area (TPSA) is 96.9 Å². The van der Waals surface area contributed by atoms with Crippen molar-refractivity contribution in [2.75, 3.05) is 19.7 Å². The molecule has 186 valence electrons. The van der Waals surface area contributed by atoms with Crippen LogP contribution in [0.2, 0.25) is 0 Å². The number of rotatable bonds is 9. The molecule has 2 fully saturated rings. The molecule has 0 bridgehead atoms. The predicted molar refractivity (Wildman–Crippen MR) is 129 cm³/mol. The summed E-state index contributed by atoms with van der Waals surface area (Å²) in [7, 11) is -7.56. The maximum Gasteiger partial charge on any atom is 0.243 e. The van der Waals surface area contributed by atoms with Crippen molar-refractivity contribution < 1.29 is 21.6 Å². The largest absolute Gasteiger partial charge is 0.377 e. The highest BCUT2D eigenvalue weighted by atomic mass is 32.2. The average Bonchev–Trinajstić information content (AvgIpc) is 3.37. The molecule has 0 aliphatic carbocycles. The van der Waals surface area contributed by atoms with Gasteiger partial charge in [-0.05, 0) is 68.5 Å². The number of hydrogen-bond acceptors (Lipinski definition) is 6. The smallest absolute Gasteiger partial charge is 0.243 e. The normalized spacial score (nSPS) is 22.3. The van der Waals surface area contributed by atoms with E-state index in [1.165, 1.54) is 28.6 Å². The van der Waals surface area contributed by atoms with Crippen molar-refractivity contribution in [3.05, 3.63) is 54.4 Å². The van der Waals surface area contributed by atoms with Gasteiger partial charge in [0.05, 0.1) is 28.1 Å². The number of aromatic nitrogens is 1. The Bertz CT molecular complexity index is 1150. The van der Waals surface area contributed by atoms with Crippen LogP contribution in [-0.2, 0) is 31.3 Å². The maximum atomic E-state index is 13.6. The molecule has 8 nitrogen and oxygen atoms in total. The molecule has 1 aromatic carbocycles. The van der Waals surface area contributed by atoms with Crippen molar-refractivity contribution in [3.63, 3.8) is 0 Å². The van der Waals surface area contributed by atoms with Gasteiger partial charge in [0, 0.05) is 31.9 Å². The highest BCUT2D eigenvalue weighted by Gasteiger charge is 2.34. The molecule has 2 saturated heterocycles. The molecule has 0 amide bonds. The summed E-state index contributed by atoms with van der Waals surface area (Å²) in [6.45, 7) is 3.47. The van der Waals surface area contributed by atoms with Gasteiger partial charge in [-0.2, -0.15) is 8.61 Å². The second-order valence-corrected chi connectivity index (χ2v) is 12.7. The van der Waals surface area contributed by atoms with Crippen molar-refractivity contribution in [3.8, 4) is 0 Å². The third-order valence-corrected chi connectivity index (χ3v) is 10.4. The summed E-state index contributed by atoms with van der Waals surface area (Å²) in [6.07, 6.45) is 6.67. The first-order valence-electron chi connectivity index (χ1n) is 12.0. The number of hydrogen-bond donors (Lipinski definition) is 0. The zero-order valence-electron chi connectivity index (χ0n) is 19.5. The Balaban J connectivity index is 1.59. The molecule has 2 aliphatic heterocycles. The Hall–Kier alpha value is -1.85. The molecule has 2 aromatic rings. The molecular formula is C24H33N3O5S2. The molecule has 2 atom stereocenters. The number of benzene rings is 1. The number of ether oxygens (including phenoxy) is 1. The second kappa shape index (κ2) is 10.8. The van der Waals surface area contributed by atoms with E-state index in [1.807, 2.05) is 13.0 Å². The van der Waals surface area contributed by atoms with Crippen LogP contribution >= 0.6 is 0 Å². The average molecular weight is 508 g/mol. The van der Waals surface area contributed by atoms with E-state index >= 15 is 0 Å². The van der Waals surface area contributed by atoms with Gasteiger partial charge in [0.25, 0.3) is 0 Å². The molecule has 1 aromatic heterocycles. The molecule has 4 rings (SSSR count). The van der Waals surface area contributed by atoms with E-state index in [-0.39, 0.29) is 35.0 Å². The summed E-state index contributed by atoms with van der Waals surface area (Å²) < 4.78 is 62.3. The molecule has 34 heavy (non-hydrogen) atoms. The van der Waals surface area contributed by atoms with E-state index in [0.29, 0.717) is 18.8 Å². The van der Waals surface area contributed by atoms with E-state index in [4.69, 9.17) is 4.74 Å². The first kappa shape index (κ1) is 25.2. The van der Waals surface area contributed by atoms with Crippen molar-refractivity contribution in [1.29, 1.82) is 0 Å². The lowest BCUT2D eigenvalue weighted by atomic mass is 10.0. The maximum absolute atomic E-state index is 13.6. The first-order valence-corrected chi connectivity index (χ1v) is 14.8. The van der Waals surface area contributed by atoms with E-state index in [1.54, 1.807) is 22.6 Å². The van der Waals surface area contributed by atoms with Crippen LogP contribution in [0.1, 0.15) is 51.1 Å². The minimum Gasteiger partial charge on any atom is -0.377 e. The molecule has 0 unspecified atom stereocenters. The fourth-order valence-corrected chi connectivity index (χ4v) is 7.91. The molecule has 0 N–H and O–H groups in total. The highest BCUT2D eigenvalue weighted by molar-refractivity contribution is 7.89. The van der Waals surface area contributed by atoms with E-state index in [9.17, 15) is 16.8 Å². The summed E-state index contributed by atoms with van der Waals surface area (Å²) in [4.78, 5) is 4.47. The van der Waals surface area contributed by atoms with E-state index < -0.39 is 20.0 Å². The Morgan fingerprint density at radius 1 is 1.00 bits per heavy atom. The molecular weight excluding hydrogens is 474 g/mol. The fraction of sp³-hybridized carbons (Fsp3) is 0.542. The van der Waals surface area contributed by atoms with Crippen LogP contribution in [0.3, 0.4) is 0 Å². The fourth-order valence-electron chi connectivity index (χ4n) is 4.70. The van der Waals surface area contributed by atoms with Crippen LogP contribution in [0.5, 0.6) is 0 Å². The lowest BCUT2D eigenvalue weighted by Crippen LogP contribution is -2.43. The summed E-state index contributed by atoms with van der Waals surface area (Å²) in [5.41, 5.74) is 0.638. The summed E-state index contributed by atoms with van der Waals surface area (Å²) in [5.74, 6) is 0. The predicted octanol–water partition coefficient (Wildman–Crippen LogP) is 3.40. The van der Waals surface area contributed by atoms with E-state index in [0.717, 1.165) is 38.5 Å². The Morgan fingerprint density at radius 2 is 1.76 bits per heavy atom. The van der Waals surface area contributed by atoms with Crippen LogP contribution in [0.4, 0.5) is 0 Å². The quantitative estimate of drug-likeness (QED) is 0.516. The Kier molecular flexibility index (Phi) is 8.04. The Labute approximate surface area is 203 Å². The highest BCUT2D eigenvalue weighted by Crippen LogP contribution is 2.28. The van der Waals surface area contributed by atoms with E-state index in [2.05, 4.69) is 4.98 Å². The Morgan fingerprint density at radius 3 is 2.41 bits per heavy atom. The van der Waals surface area contributed by atoms with Crippen molar-refractivity contribution >= 4 is 20.0 Å². The summed E-state index contributed by atoms with van der Waals surface area (Å²) in [5, 5.41) is 0. The van der Waals surface area contributed by atoms with Crippen LogP contribution < -0.4 is 0 Å². The van der Waals surface area contributed by atoms with Gasteiger partial charge in [0.1, 0.15) is 0 Å². The molecule has 2 aliphatic rings. The third kappa shape index (κ3) is 5.52.